The highest BCUT2D eigenvalue weighted by atomic mass is 19.4. The van der Waals surface area contributed by atoms with Gasteiger partial charge in [0.15, 0.2) is 5.82 Å². The predicted octanol–water partition coefficient (Wildman–Crippen LogP) is 21.4. The molecule has 2 aromatic heterocycles. The summed E-state index contributed by atoms with van der Waals surface area (Å²) < 4.78 is 260. The highest BCUT2D eigenvalue weighted by Gasteiger charge is 2.41. The van der Waals surface area contributed by atoms with Gasteiger partial charge in [-0.25, -0.2) is 9.97 Å². The van der Waals surface area contributed by atoms with Crippen LogP contribution in [0.5, 0.6) is 0 Å². The number of halogens is 18. The molecule has 85 heavy (non-hydrogen) atoms. The summed E-state index contributed by atoms with van der Waals surface area (Å²) in [5, 5.41) is -0.287. The maximum atomic E-state index is 14.9. The van der Waals surface area contributed by atoms with Gasteiger partial charge in [-0.3, -0.25) is 0 Å². The van der Waals surface area contributed by atoms with E-state index in [4.69, 9.17) is 9.97 Å². The fourth-order valence-corrected chi connectivity index (χ4v) is 10.2. The minimum Gasteiger partial charge on any atom is -0.308 e. The molecule has 0 unspecified atom stereocenters. The van der Waals surface area contributed by atoms with Gasteiger partial charge in [-0.2, -0.15) is 79.0 Å². The minimum absolute atomic E-state index is 0.00268. The Kier molecular flexibility index (Phi) is 14.0. The molecule has 0 radical (unpaired) electrons. The molecule has 0 aliphatic carbocycles. The highest BCUT2D eigenvalue weighted by Crippen LogP contribution is 2.49. The van der Waals surface area contributed by atoms with Gasteiger partial charge >= 0.3 is 37.1 Å². The summed E-state index contributed by atoms with van der Waals surface area (Å²) in [5.74, 6) is -0.0152. The maximum Gasteiger partial charge on any atom is 0.417 e. The average Bonchev–Trinajstić information content (AvgIpc) is 2.95. The van der Waals surface area contributed by atoms with E-state index in [0.29, 0.717) is 46.8 Å². The molecule has 21 heteroatoms. The van der Waals surface area contributed by atoms with E-state index in [9.17, 15) is 79.0 Å². The van der Waals surface area contributed by atoms with Crippen molar-refractivity contribution in [3.63, 3.8) is 0 Å². The first-order chi connectivity index (χ1) is 39.9. The zero-order chi connectivity index (χ0) is 60.8. The molecule has 0 aliphatic heterocycles. The molecule has 430 valence electrons. The van der Waals surface area contributed by atoms with Gasteiger partial charge in [-0.05, 0) is 124 Å². The largest absolute Gasteiger partial charge is 0.417 e. The molecule has 0 N–H and O–H groups in total. The fourth-order valence-electron chi connectivity index (χ4n) is 10.2. The molecule has 11 rings (SSSR count). The van der Waals surface area contributed by atoms with E-state index >= 15 is 0 Å². The van der Waals surface area contributed by atoms with Gasteiger partial charge in [0, 0.05) is 38.6 Å². The van der Waals surface area contributed by atoms with Crippen molar-refractivity contribution < 1.29 is 79.0 Å². The smallest absolute Gasteiger partial charge is 0.308 e. The lowest BCUT2D eigenvalue weighted by atomic mass is 9.91. The van der Waals surface area contributed by atoms with Crippen molar-refractivity contribution in [2.24, 2.45) is 0 Å². The molecule has 0 saturated carbocycles. The topological polar surface area (TPSA) is 30.7 Å². The van der Waals surface area contributed by atoms with Gasteiger partial charge in [0.2, 0.25) is 0 Å². The van der Waals surface area contributed by atoms with Crippen LogP contribution in [0.3, 0.4) is 0 Å². The molecule has 0 saturated heterocycles. The SMILES string of the molecule is FC(F)(F)c1ccc(-c2cc(-c3nc(-c4ccccc4)cc(-c4ccccc4)n3)cc(-c3ccc(C(F)(F)F)cc3)c2-n2c3ccc(-c4ccc(C(F)(F)F)cc4C(F)(F)F)cc3c3cc(-c4ccc(C(F)(F)F)cc4C(F)(F)F)ccc32)cc1. The third-order valence-electron chi connectivity index (χ3n) is 14.2. The van der Waals surface area contributed by atoms with Crippen molar-refractivity contribution in [2.75, 3.05) is 0 Å². The summed E-state index contributed by atoms with van der Waals surface area (Å²) >= 11 is 0. The predicted molar refractivity (Wildman–Crippen MR) is 284 cm³/mol. The van der Waals surface area contributed by atoms with Crippen LogP contribution in [0.25, 0.3) is 106 Å². The molecule has 0 amide bonds. The van der Waals surface area contributed by atoms with Crippen molar-refractivity contribution in [3.05, 3.63) is 234 Å². The van der Waals surface area contributed by atoms with Gasteiger partial charge in [-0.15, -0.1) is 0 Å². The van der Waals surface area contributed by atoms with Crippen LogP contribution in [0.4, 0.5) is 79.0 Å². The summed E-state index contributed by atoms with van der Waals surface area (Å²) in [6.45, 7) is 0. The Hall–Kier alpha value is -9.40. The molecule has 0 spiro atoms. The van der Waals surface area contributed by atoms with E-state index in [0.717, 1.165) is 72.8 Å². The van der Waals surface area contributed by atoms with Gasteiger partial charge < -0.3 is 4.57 Å². The summed E-state index contributed by atoms with van der Waals surface area (Å²) in [6, 6.07) is 38.0. The van der Waals surface area contributed by atoms with E-state index in [1.54, 1.807) is 66.7 Å². The van der Waals surface area contributed by atoms with E-state index in [1.165, 1.54) is 28.8 Å². The summed E-state index contributed by atoms with van der Waals surface area (Å²) in [5.41, 5.74) is -9.52. The molecular weight excluding hydrogens is 1150 g/mol. The number of rotatable bonds is 8. The van der Waals surface area contributed by atoms with Crippen LogP contribution in [0.1, 0.15) is 33.4 Å². The number of aromatic nitrogens is 3. The van der Waals surface area contributed by atoms with Crippen LogP contribution in [-0.4, -0.2) is 14.5 Å². The first-order valence-electron chi connectivity index (χ1n) is 25.1. The maximum absolute atomic E-state index is 14.9. The van der Waals surface area contributed by atoms with Crippen molar-refractivity contribution >= 4 is 21.8 Å². The van der Waals surface area contributed by atoms with Crippen molar-refractivity contribution in [3.8, 4) is 84.1 Å². The molecule has 0 aliphatic rings. The Morgan fingerprint density at radius 2 is 0.600 bits per heavy atom. The molecule has 0 bridgehead atoms. The first-order valence-corrected chi connectivity index (χ1v) is 25.1. The minimum atomic E-state index is -5.43. The lowest BCUT2D eigenvalue weighted by Gasteiger charge is -2.22. The first kappa shape index (κ1) is 57.4. The summed E-state index contributed by atoms with van der Waals surface area (Å²) in [7, 11) is 0. The lowest BCUT2D eigenvalue weighted by Crippen LogP contribution is -2.12. The van der Waals surface area contributed by atoms with E-state index in [1.807, 2.05) is 0 Å². The molecule has 2 heterocycles. The summed E-state index contributed by atoms with van der Waals surface area (Å²) in [4.78, 5) is 9.83. The number of hydrogen-bond acceptors (Lipinski definition) is 2. The number of alkyl halides is 18. The number of fused-ring (bicyclic) bond motifs is 3. The van der Waals surface area contributed by atoms with Crippen LogP contribution in [0.2, 0.25) is 0 Å². The highest BCUT2D eigenvalue weighted by molar-refractivity contribution is 6.13. The van der Waals surface area contributed by atoms with Crippen LogP contribution in [0.15, 0.2) is 200 Å². The van der Waals surface area contributed by atoms with E-state index in [-0.39, 0.29) is 73.3 Å². The lowest BCUT2D eigenvalue weighted by molar-refractivity contribution is -0.144. The van der Waals surface area contributed by atoms with Gasteiger partial charge in [0.25, 0.3) is 0 Å². The Bertz CT molecular complexity index is 4070. The average molecular weight is 1190 g/mol. The van der Waals surface area contributed by atoms with E-state index in [2.05, 4.69) is 0 Å². The Balaban J connectivity index is 1.28. The molecular formula is C64H33F18N3. The van der Waals surface area contributed by atoms with Gasteiger partial charge in [0.05, 0.1) is 61.5 Å². The van der Waals surface area contributed by atoms with Gasteiger partial charge in [-0.1, -0.05) is 109 Å². The Morgan fingerprint density at radius 3 is 0.941 bits per heavy atom. The van der Waals surface area contributed by atoms with Crippen molar-refractivity contribution in [1.82, 2.24) is 14.5 Å². The zero-order valence-electron chi connectivity index (χ0n) is 42.7. The molecule has 11 aromatic rings. The number of hydrogen-bond donors (Lipinski definition) is 0. The summed E-state index contributed by atoms with van der Waals surface area (Å²) in [6.07, 6.45) is -31.1. The zero-order valence-corrected chi connectivity index (χ0v) is 42.7. The molecule has 3 nitrogen and oxygen atoms in total. The number of nitrogens with zero attached hydrogens (tertiary/aromatic N) is 3. The normalized spacial score (nSPS) is 12.8. The molecule has 0 atom stereocenters. The third kappa shape index (κ3) is 11.3. The molecule has 0 fully saturated rings. The van der Waals surface area contributed by atoms with Crippen LogP contribution in [-0.2, 0) is 37.1 Å². The third-order valence-corrected chi connectivity index (χ3v) is 14.2. The second-order valence-electron chi connectivity index (χ2n) is 19.6. The van der Waals surface area contributed by atoms with Crippen molar-refractivity contribution in [2.45, 2.75) is 37.1 Å². The van der Waals surface area contributed by atoms with Crippen LogP contribution in [0, 0.1) is 0 Å². The fraction of sp³-hybridized carbons (Fsp3) is 0.0938. The second kappa shape index (κ2) is 20.7. The Morgan fingerprint density at radius 1 is 0.259 bits per heavy atom. The molecule has 9 aromatic carbocycles. The standard InChI is InChI=1S/C64H33F18N3/c65-59(66,67)41-17-11-34(12-18-41)47-29-40(58-83-53(36-7-3-1-4-8-36)33-54(84-58)37-9-5-2-6-10-37)30-48(35-13-19-42(20-14-35)60(68,69)70)57(47)85-55-25-15-38(45-23-21-43(61(71,72)73)31-51(45)63(77,78)79)27-49(55)50-28-39(16-26-56(50)85)46-24-22-44(62(74,75)76)32-52(46)64(80,81)82/h1-33H. The van der Waals surface area contributed by atoms with E-state index < -0.39 is 92.7 Å². The monoisotopic (exact) mass is 1190 g/mol. The van der Waals surface area contributed by atoms with Gasteiger partial charge in [0.1, 0.15) is 0 Å². The van der Waals surface area contributed by atoms with Crippen molar-refractivity contribution in [1.29, 1.82) is 0 Å². The van der Waals surface area contributed by atoms with Crippen LogP contribution >= 0.6 is 0 Å². The quantitative estimate of drug-likeness (QED) is 0.142. The Labute approximate surface area is 468 Å². The second-order valence-corrected chi connectivity index (χ2v) is 19.6. The number of benzene rings is 9. The van der Waals surface area contributed by atoms with Crippen LogP contribution < -0.4 is 0 Å².